The molecule has 0 amide bonds. The average Bonchev–Trinajstić information content (AvgIpc) is 2.16. The van der Waals surface area contributed by atoms with Crippen LogP contribution in [0.15, 0.2) is 18.2 Å². The van der Waals surface area contributed by atoms with Crippen LogP contribution in [0.5, 0.6) is 11.5 Å². The van der Waals surface area contributed by atoms with Gasteiger partial charge in [-0.15, -0.1) is 17.0 Å². The van der Waals surface area contributed by atoms with Crippen LogP contribution in [0.1, 0.15) is 38.2 Å². The van der Waals surface area contributed by atoms with Crippen molar-refractivity contribution in [2.75, 3.05) is 0 Å². The Labute approximate surface area is 102 Å². The fourth-order valence-corrected chi connectivity index (χ4v) is 1.55. The van der Waals surface area contributed by atoms with Crippen LogP contribution in [0.4, 0.5) is 0 Å². The number of benzene rings is 1. The van der Waals surface area contributed by atoms with Crippen molar-refractivity contribution in [1.82, 2.24) is 0 Å². The summed E-state index contributed by atoms with van der Waals surface area (Å²) < 4.78 is 0. The fourth-order valence-electron chi connectivity index (χ4n) is 1.55. The maximum Gasteiger partial charge on any atom is 0.122 e. The summed E-state index contributed by atoms with van der Waals surface area (Å²) in [5.41, 5.74) is 0.684. The number of phenolic OH excluding ortho intramolecular Hbond substituents is 2. The Morgan fingerprint density at radius 2 is 1.60 bits per heavy atom. The number of hydrogen-bond donors (Lipinski definition) is 2. The fraction of sp³-hybridized carbons (Fsp3) is 0.500. The van der Waals surface area contributed by atoms with Gasteiger partial charge in [-0.1, -0.05) is 32.3 Å². The summed E-state index contributed by atoms with van der Waals surface area (Å²) >= 11 is 0. The van der Waals surface area contributed by atoms with Crippen molar-refractivity contribution in [2.24, 2.45) is 0 Å². The molecule has 86 valence electrons. The van der Waals surface area contributed by atoms with Gasteiger partial charge in [-0.2, -0.15) is 0 Å². The number of rotatable bonds is 5. The smallest absolute Gasteiger partial charge is 0.122 e. The molecule has 0 aliphatic rings. The zero-order valence-electron chi connectivity index (χ0n) is 9.07. The molecule has 1 rings (SSSR count). The highest BCUT2D eigenvalue weighted by atomic mass is 79.9. The Kier molecular flexibility index (Phi) is 7.22. The van der Waals surface area contributed by atoms with E-state index in [1.165, 1.54) is 12.8 Å². The molecule has 1 aromatic carbocycles. The van der Waals surface area contributed by atoms with Crippen molar-refractivity contribution in [2.45, 2.75) is 39.0 Å². The van der Waals surface area contributed by atoms with Crippen molar-refractivity contribution in [3.05, 3.63) is 23.8 Å². The van der Waals surface area contributed by atoms with E-state index in [-0.39, 0.29) is 28.5 Å². The van der Waals surface area contributed by atoms with E-state index in [1.807, 2.05) is 0 Å². The van der Waals surface area contributed by atoms with Crippen molar-refractivity contribution in [1.29, 1.82) is 0 Å². The predicted molar refractivity (Wildman–Crippen MR) is 67.9 cm³/mol. The number of phenols is 2. The summed E-state index contributed by atoms with van der Waals surface area (Å²) in [4.78, 5) is 0. The summed E-state index contributed by atoms with van der Waals surface area (Å²) in [5.74, 6) is 0.419. The highest BCUT2D eigenvalue weighted by Gasteiger charge is 2.05. The molecule has 0 saturated carbocycles. The van der Waals surface area contributed by atoms with Gasteiger partial charge in [0.15, 0.2) is 0 Å². The van der Waals surface area contributed by atoms with Gasteiger partial charge in [0.25, 0.3) is 0 Å². The van der Waals surface area contributed by atoms with Gasteiger partial charge < -0.3 is 10.2 Å². The molecule has 2 nitrogen and oxygen atoms in total. The van der Waals surface area contributed by atoms with Gasteiger partial charge in [0.2, 0.25) is 0 Å². The molecule has 0 aliphatic carbocycles. The minimum absolute atomic E-state index is 0. The molecule has 0 saturated heterocycles. The molecule has 3 heteroatoms. The second-order valence-corrected chi connectivity index (χ2v) is 3.59. The second kappa shape index (κ2) is 7.57. The molecule has 2 N–H and O–H groups in total. The first-order valence-corrected chi connectivity index (χ1v) is 5.25. The molecule has 0 heterocycles. The van der Waals surface area contributed by atoms with Crippen LogP contribution in [0.3, 0.4) is 0 Å². The quantitative estimate of drug-likeness (QED) is 0.802. The van der Waals surface area contributed by atoms with E-state index in [4.69, 9.17) is 0 Å². The minimum Gasteiger partial charge on any atom is -0.508 e. The SMILES string of the molecule is Br.CCCCCCc1c(O)cccc1O. The first-order valence-electron chi connectivity index (χ1n) is 5.25. The van der Waals surface area contributed by atoms with E-state index < -0.39 is 0 Å². The third-order valence-electron chi connectivity index (χ3n) is 2.41. The van der Waals surface area contributed by atoms with Gasteiger partial charge in [-0.05, 0) is 25.0 Å². The predicted octanol–water partition coefficient (Wildman–Crippen LogP) is 3.80. The molecule has 0 bridgehead atoms. The van der Waals surface area contributed by atoms with Crippen LogP contribution in [0, 0.1) is 0 Å². The molecule has 0 spiro atoms. The van der Waals surface area contributed by atoms with Gasteiger partial charge in [0.05, 0.1) is 0 Å². The summed E-state index contributed by atoms with van der Waals surface area (Å²) in [5, 5.41) is 19.0. The lowest BCUT2D eigenvalue weighted by atomic mass is 10.0. The van der Waals surface area contributed by atoms with E-state index in [0.29, 0.717) is 5.56 Å². The monoisotopic (exact) mass is 274 g/mol. The van der Waals surface area contributed by atoms with Crippen LogP contribution in [-0.2, 0) is 6.42 Å². The van der Waals surface area contributed by atoms with Crippen molar-refractivity contribution >= 4 is 17.0 Å². The molecule has 0 unspecified atom stereocenters. The third-order valence-corrected chi connectivity index (χ3v) is 2.41. The molecule has 0 aromatic heterocycles. The van der Waals surface area contributed by atoms with E-state index in [9.17, 15) is 10.2 Å². The van der Waals surface area contributed by atoms with Gasteiger partial charge in [0.1, 0.15) is 11.5 Å². The van der Waals surface area contributed by atoms with Crippen molar-refractivity contribution < 1.29 is 10.2 Å². The summed E-state index contributed by atoms with van der Waals surface area (Å²) in [6.45, 7) is 2.16. The molecule has 15 heavy (non-hydrogen) atoms. The average molecular weight is 275 g/mol. The van der Waals surface area contributed by atoms with Crippen molar-refractivity contribution in [3.8, 4) is 11.5 Å². The molecule has 0 aliphatic heterocycles. The molecular weight excluding hydrogens is 256 g/mol. The van der Waals surface area contributed by atoms with Gasteiger partial charge in [-0.3, -0.25) is 0 Å². The van der Waals surface area contributed by atoms with E-state index in [2.05, 4.69) is 6.92 Å². The van der Waals surface area contributed by atoms with Gasteiger partial charge >= 0.3 is 0 Å². The Bertz CT molecular complexity index is 267. The highest BCUT2D eigenvalue weighted by Crippen LogP contribution is 2.27. The lowest BCUT2D eigenvalue weighted by Crippen LogP contribution is -1.87. The van der Waals surface area contributed by atoms with Gasteiger partial charge in [-0.25, -0.2) is 0 Å². The first-order chi connectivity index (χ1) is 6.75. The zero-order valence-corrected chi connectivity index (χ0v) is 10.8. The number of halogens is 1. The molecule has 0 atom stereocenters. The van der Waals surface area contributed by atoms with Crippen LogP contribution in [0.25, 0.3) is 0 Å². The van der Waals surface area contributed by atoms with Crippen LogP contribution >= 0.6 is 17.0 Å². The maximum atomic E-state index is 9.49. The molecular formula is C12H19BrO2. The Morgan fingerprint density at radius 1 is 1.00 bits per heavy atom. The van der Waals surface area contributed by atoms with E-state index in [0.717, 1.165) is 19.3 Å². The lowest BCUT2D eigenvalue weighted by Gasteiger charge is -2.06. The largest absolute Gasteiger partial charge is 0.508 e. The molecule has 0 fully saturated rings. The van der Waals surface area contributed by atoms with Crippen LogP contribution in [0.2, 0.25) is 0 Å². The first kappa shape index (κ1) is 14.3. The summed E-state index contributed by atoms with van der Waals surface area (Å²) in [7, 11) is 0. The van der Waals surface area contributed by atoms with E-state index >= 15 is 0 Å². The zero-order chi connectivity index (χ0) is 10.4. The van der Waals surface area contributed by atoms with Crippen LogP contribution < -0.4 is 0 Å². The third kappa shape index (κ3) is 4.56. The second-order valence-electron chi connectivity index (χ2n) is 3.59. The number of unbranched alkanes of at least 4 members (excludes halogenated alkanes) is 3. The maximum absolute atomic E-state index is 9.49. The topological polar surface area (TPSA) is 40.5 Å². The highest BCUT2D eigenvalue weighted by molar-refractivity contribution is 8.93. The minimum atomic E-state index is 0. The Morgan fingerprint density at radius 3 is 2.13 bits per heavy atom. The van der Waals surface area contributed by atoms with Gasteiger partial charge in [0, 0.05) is 5.56 Å². The van der Waals surface area contributed by atoms with Crippen molar-refractivity contribution in [3.63, 3.8) is 0 Å². The Hall–Kier alpha value is -0.700. The Balaban J connectivity index is 0.00000196. The molecule has 1 aromatic rings. The van der Waals surface area contributed by atoms with E-state index in [1.54, 1.807) is 18.2 Å². The normalized spacial score (nSPS) is 9.67. The summed E-state index contributed by atoms with van der Waals surface area (Å²) in [6, 6.07) is 4.89. The molecule has 0 radical (unpaired) electrons. The standard InChI is InChI=1S/C12H18O2.BrH/c1-2-3-4-5-7-10-11(13)8-6-9-12(10)14;/h6,8-9,13-14H,2-5,7H2,1H3;1H. The number of hydrogen-bond acceptors (Lipinski definition) is 2. The number of aromatic hydroxyl groups is 2. The summed E-state index contributed by atoms with van der Waals surface area (Å²) in [6.07, 6.45) is 5.36. The lowest BCUT2D eigenvalue weighted by molar-refractivity contribution is 0.436. The van der Waals surface area contributed by atoms with Crippen LogP contribution in [-0.4, -0.2) is 10.2 Å².